The van der Waals surface area contributed by atoms with Crippen molar-refractivity contribution in [2.24, 2.45) is 0 Å². The smallest absolute Gasteiger partial charge is 0.338 e. The molecule has 1 aromatic heterocycles. The Kier molecular flexibility index (Phi) is 2.68. The Morgan fingerprint density at radius 1 is 1.33 bits per heavy atom. The first-order chi connectivity index (χ1) is 7.22. The van der Waals surface area contributed by atoms with Crippen LogP contribution in [0.25, 0.3) is 10.9 Å². The summed E-state index contributed by atoms with van der Waals surface area (Å²) in [6.07, 6.45) is 0. The van der Waals surface area contributed by atoms with Gasteiger partial charge in [0.15, 0.2) is 0 Å². The Balaban J connectivity index is 2.71. The van der Waals surface area contributed by atoms with Gasteiger partial charge in [0.1, 0.15) is 4.60 Å². The predicted molar refractivity (Wildman–Crippen MR) is 60.8 cm³/mol. The van der Waals surface area contributed by atoms with Crippen LogP contribution in [0.15, 0.2) is 34.9 Å². The average molecular weight is 266 g/mol. The molecule has 0 saturated carbocycles. The minimum atomic E-state index is -0.343. The normalized spacial score (nSPS) is 10.3. The van der Waals surface area contributed by atoms with Crippen molar-refractivity contribution in [3.8, 4) is 0 Å². The van der Waals surface area contributed by atoms with Crippen LogP contribution >= 0.6 is 15.9 Å². The second-order valence-corrected chi connectivity index (χ2v) is 3.81. The number of pyridine rings is 1. The highest BCUT2D eigenvalue weighted by Crippen LogP contribution is 2.20. The summed E-state index contributed by atoms with van der Waals surface area (Å²) in [5.41, 5.74) is 1.31. The maximum absolute atomic E-state index is 11.5. The van der Waals surface area contributed by atoms with Crippen LogP contribution in [0.2, 0.25) is 0 Å². The summed E-state index contributed by atoms with van der Waals surface area (Å²) in [7, 11) is 1.37. The Labute approximate surface area is 95.2 Å². The van der Waals surface area contributed by atoms with Gasteiger partial charge in [-0.15, -0.1) is 0 Å². The lowest BCUT2D eigenvalue weighted by Crippen LogP contribution is -2.02. The molecule has 0 fully saturated rings. The van der Waals surface area contributed by atoms with Crippen molar-refractivity contribution in [2.75, 3.05) is 7.11 Å². The molecule has 1 aromatic carbocycles. The number of methoxy groups -OCH3 is 1. The van der Waals surface area contributed by atoms with Crippen LogP contribution in [0, 0.1) is 0 Å². The molecule has 4 heteroatoms. The summed E-state index contributed by atoms with van der Waals surface area (Å²) in [5.74, 6) is -0.343. The van der Waals surface area contributed by atoms with Crippen molar-refractivity contribution >= 4 is 32.8 Å². The molecule has 0 radical (unpaired) electrons. The zero-order chi connectivity index (χ0) is 10.8. The highest BCUT2D eigenvalue weighted by Gasteiger charge is 2.10. The molecule has 3 nitrogen and oxygen atoms in total. The number of rotatable bonds is 1. The largest absolute Gasteiger partial charge is 0.465 e. The van der Waals surface area contributed by atoms with Gasteiger partial charge in [-0.3, -0.25) is 0 Å². The van der Waals surface area contributed by atoms with Gasteiger partial charge in [0.25, 0.3) is 0 Å². The van der Waals surface area contributed by atoms with Crippen molar-refractivity contribution in [1.29, 1.82) is 0 Å². The number of aromatic nitrogens is 1. The number of carbonyl (C=O) groups is 1. The molecule has 0 atom stereocenters. The van der Waals surface area contributed by atoms with Crippen LogP contribution in [0.1, 0.15) is 10.4 Å². The summed E-state index contributed by atoms with van der Waals surface area (Å²) >= 11 is 3.28. The number of benzene rings is 1. The van der Waals surface area contributed by atoms with Gasteiger partial charge >= 0.3 is 5.97 Å². The van der Waals surface area contributed by atoms with Crippen molar-refractivity contribution in [3.63, 3.8) is 0 Å². The van der Waals surface area contributed by atoms with Crippen LogP contribution in [0.4, 0.5) is 0 Å². The molecule has 0 aliphatic rings. The van der Waals surface area contributed by atoms with E-state index in [1.54, 1.807) is 18.2 Å². The van der Waals surface area contributed by atoms with Crippen LogP contribution in [-0.4, -0.2) is 18.1 Å². The molecule has 0 aliphatic heterocycles. The van der Waals surface area contributed by atoms with Crippen LogP contribution in [0.3, 0.4) is 0 Å². The first-order valence-corrected chi connectivity index (χ1v) is 5.15. The maximum Gasteiger partial charge on any atom is 0.338 e. The number of ether oxygens (including phenoxy) is 1. The van der Waals surface area contributed by atoms with E-state index >= 15 is 0 Å². The Morgan fingerprint density at radius 3 is 2.87 bits per heavy atom. The fourth-order valence-electron chi connectivity index (χ4n) is 1.42. The fourth-order valence-corrected chi connectivity index (χ4v) is 1.74. The van der Waals surface area contributed by atoms with E-state index in [4.69, 9.17) is 4.74 Å². The molecule has 0 saturated heterocycles. The number of hydrogen-bond acceptors (Lipinski definition) is 3. The average Bonchev–Trinajstić information content (AvgIpc) is 2.26. The van der Waals surface area contributed by atoms with E-state index < -0.39 is 0 Å². The lowest BCUT2D eigenvalue weighted by atomic mass is 10.1. The number of hydrogen-bond donors (Lipinski definition) is 0. The Hall–Kier alpha value is -1.42. The molecule has 0 spiro atoms. The topological polar surface area (TPSA) is 39.2 Å². The highest BCUT2D eigenvalue weighted by molar-refractivity contribution is 9.10. The Morgan fingerprint density at radius 2 is 2.13 bits per heavy atom. The van der Waals surface area contributed by atoms with Crippen molar-refractivity contribution in [1.82, 2.24) is 4.98 Å². The van der Waals surface area contributed by atoms with Gasteiger partial charge in [-0.05, 0) is 40.2 Å². The minimum absolute atomic E-state index is 0.343. The van der Waals surface area contributed by atoms with E-state index in [1.807, 2.05) is 12.1 Å². The van der Waals surface area contributed by atoms with Crippen molar-refractivity contribution in [3.05, 3.63) is 40.5 Å². The lowest BCUT2D eigenvalue weighted by Gasteiger charge is -2.03. The zero-order valence-corrected chi connectivity index (χ0v) is 9.61. The molecule has 0 N–H and O–H groups in total. The molecule has 0 unspecified atom stereocenters. The number of carbonyl (C=O) groups excluding carboxylic acids is 1. The van der Waals surface area contributed by atoms with Gasteiger partial charge in [0, 0.05) is 5.39 Å². The molecule has 2 rings (SSSR count). The zero-order valence-electron chi connectivity index (χ0n) is 8.03. The van der Waals surface area contributed by atoms with E-state index in [-0.39, 0.29) is 5.97 Å². The van der Waals surface area contributed by atoms with Gasteiger partial charge in [-0.2, -0.15) is 0 Å². The molecular weight excluding hydrogens is 258 g/mol. The second-order valence-electron chi connectivity index (χ2n) is 3.00. The molecule has 1 heterocycles. The quantitative estimate of drug-likeness (QED) is 0.588. The number of esters is 1. The second kappa shape index (κ2) is 3.98. The van der Waals surface area contributed by atoms with Gasteiger partial charge in [0.2, 0.25) is 0 Å². The predicted octanol–water partition coefficient (Wildman–Crippen LogP) is 2.78. The number of nitrogens with zero attached hydrogens (tertiary/aromatic N) is 1. The third-order valence-electron chi connectivity index (χ3n) is 2.10. The van der Waals surface area contributed by atoms with Gasteiger partial charge in [-0.1, -0.05) is 6.07 Å². The summed E-state index contributed by atoms with van der Waals surface area (Å²) < 4.78 is 5.44. The van der Waals surface area contributed by atoms with Crippen molar-refractivity contribution in [2.45, 2.75) is 0 Å². The van der Waals surface area contributed by atoms with Crippen LogP contribution in [-0.2, 0) is 4.74 Å². The van der Waals surface area contributed by atoms with E-state index in [2.05, 4.69) is 20.9 Å². The standard InChI is InChI=1S/C11H8BrNO2/c1-15-11(14)8-3-2-4-9-7(8)5-6-10(12)13-9/h2-6H,1H3. The first-order valence-electron chi connectivity index (χ1n) is 4.36. The van der Waals surface area contributed by atoms with Gasteiger partial charge in [-0.25, -0.2) is 9.78 Å². The molecule has 15 heavy (non-hydrogen) atoms. The summed E-state index contributed by atoms with van der Waals surface area (Å²) in [6, 6.07) is 9.01. The number of fused-ring (bicyclic) bond motifs is 1. The third kappa shape index (κ3) is 1.85. The molecule has 0 aliphatic carbocycles. The van der Waals surface area contributed by atoms with Crippen molar-refractivity contribution < 1.29 is 9.53 Å². The SMILES string of the molecule is COC(=O)c1cccc2nc(Br)ccc12. The number of halogens is 1. The fraction of sp³-hybridized carbons (Fsp3) is 0.0909. The molecule has 76 valence electrons. The van der Waals surface area contributed by atoms with Gasteiger partial charge < -0.3 is 4.74 Å². The van der Waals surface area contributed by atoms with Crippen LogP contribution < -0.4 is 0 Å². The third-order valence-corrected chi connectivity index (χ3v) is 2.54. The summed E-state index contributed by atoms with van der Waals surface area (Å²) in [6.45, 7) is 0. The van der Waals surface area contributed by atoms with E-state index in [1.165, 1.54) is 7.11 Å². The van der Waals surface area contributed by atoms with Gasteiger partial charge in [0.05, 0.1) is 18.2 Å². The minimum Gasteiger partial charge on any atom is -0.465 e. The van der Waals surface area contributed by atoms with E-state index in [9.17, 15) is 4.79 Å². The van der Waals surface area contributed by atoms with Crippen LogP contribution in [0.5, 0.6) is 0 Å². The van der Waals surface area contributed by atoms with E-state index in [0.717, 1.165) is 15.5 Å². The molecule has 2 aromatic rings. The molecular formula is C11H8BrNO2. The summed E-state index contributed by atoms with van der Waals surface area (Å²) in [4.78, 5) is 15.7. The Bertz CT molecular complexity index is 525. The first kappa shape index (κ1) is 10.1. The molecule has 0 amide bonds. The maximum atomic E-state index is 11.5. The van der Waals surface area contributed by atoms with E-state index in [0.29, 0.717) is 5.56 Å². The highest BCUT2D eigenvalue weighted by atomic mass is 79.9. The lowest BCUT2D eigenvalue weighted by molar-refractivity contribution is 0.0603. The summed E-state index contributed by atoms with van der Waals surface area (Å²) in [5, 5.41) is 0.799. The molecule has 0 bridgehead atoms. The monoisotopic (exact) mass is 265 g/mol.